The first kappa shape index (κ1) is 23.3. The van der Waals surface area contributed by atoms with Gasteiger partial charge < -0.3 is 24.8 Å². The van der Waals surface area contributed by atoms with Crippen LogP contribution in [0, 0.1) is 6.92 Å². The van der Waals surface area contributed by atoms with Gasteiger partial charge in [0, 0.05) is 72.0 Å². The number of methoxy groups -OCH3 is 1. The van der Waals surface area contributed by atoms with E-state index in [4.69, 9.17) is 9.72 Å². The monoisotopic (exact) mass is 470 g/mol. The first-order valence-corrected chi connectivity index (χ1v) is 12.2. The Bertz CT molecular complexity index is 1310. The number of para-hydroxylation sites is 1. The van der Waals surface area contributed by atoms with E-state index in [-0.39, 0.29) is 0 Å². The Hall–Kier alpha value is -3.42. The number of nitrogens with one attached hydrogen (secondary N) is 2. The average Bonchev–Trinajstić information content (AvgIpc) is 3.30. The van der Waals surface area contributed by atoms with Crippen LogP contribution in [0.2, 0.25) is 0 Å². The summed E-state index contributed by atoms with van der Waals surface area (Å²) in [5, 5.41) is 4.60. The highest BCUT2D eigenvalue weighted by Gasteiger charge is 2.21. The summed E-state index contributed by atoms with van der Waals surface area (Å²) in [4.78, 5) is 17.6. The van der Waals surface area contributed by atoms with Crippen molar-refractivity contribution in [1.82, 2.24) is 19.9 Å². The van der Waals surface area contributed by atoms with E-state index in [1.54, 1.807) is 7.11 Å². The van der Waals surface area contributed by atoms with Crippen molar-refractivity contribution in [1.29, 1.82) is 0 Å². The molecule has 182 valence electrons. The largest absolute Gasteiger partial charge is 0.380 e. The van der Waals surface area contributed by atoms with Crippen molar-refractivity contribution in [3.8, 4) is 11.3 Å². The SMILES string of the molecule is COCc1cc(N2CCC(N(C)C)CC2)ccc1Nc1ncc(C)c(-c2c[nH]c3ccccc23)n1. The number of ether oxygens (including phenoxy) is 1. The van der Waals surface area contributed by atoms with Crippen LogP contribution in [0.4, 0.5) is 17.3 Å². The van der Waals surface area contributed by atoms with Crippen LogP contribution in [-0.4, -0.2) is 60.2 Å². The third kappa shape index (κ3) is 4.88. The highest BCUT2D eigenvalue weighted by Crippen LogP contribution is 2.32. The van der Waals surface area contributed by atoms with Gasteiger partial charge in [0.25, 0.3) is 0 Å². The molecule has 0 spiro atoms. The summed E-state index contributed by atoms with van der Waals surface area (Å²) in [5.41, 5.74) is 7.44. The first-order chi connectivity index (χ1) is 17.0. The van der Waals surface area contributed by atoms with Crippen LogP contribution in [0.15, 0.2) is 54.9 Å². The molecule has 1 aliphatic heterocycles. The lowest BCUT2D eigenvalue weighted by molar-refractivity contribution is 0.185. The number of H-pyrrole nitrogens is 1. The number of fused-ring (bicyclic) bond motifs is 1. The second kappa shape index (κ2) is 10.1. The number of hydrogen-bond acceptors (Lipinski definition) is 6. The van der Waals surface area contributed by atoms with Gasteiger partial charge in [-0.25, -0.2) is 9.97 Å². The number of aromatic amines is 1. The van der Waals surface area contributed by atoms with Gasteiger partial charge in [0.15, 0.2) is 0 Å². The maximum absolute atomic E-state index is 5.54. The molecule has 0 unspecified atom stereocenters. The molecule has 1 saturated heterocycles. The molecular weight excluding hydrogens is 436 g/mol. The lowest BCUT2D eigenvalue weighted by atomic mass is 10.0. The second-order valence-electron chi connectivity index (χ2n) is 9.55. The number of anilines is 3. The Labute approximate surface area is 207 Å². The van der Waals surface area contributed by atoms with E-state index in [1.807, 2.05) is 25.4 Å². The van der Waals surface area contributed by atoms with Crippen molar-refractivity contribution >= 4 is 28.2 Å². The lowest BCUT2D eigenvalue weighted by Gasteiger charge is -2.36. The molecule has 0 saturated carbocycles. The Morgan fingerprint density at radius 3 is 2.71 bits per heavy atom. The van der Waals surface area contributed by atoms with Gasteiger partial charge in [-0.15, -0.1) is 0 Å². The van der Waals surface area contributed by atoms with Gasteiger partial charge in [-0.3, -0.25) is 0 Å². The van der Waals surface area contributed by atoms with Crippen molar-refractivity contribution in [2.24, 2.45) is 0 Å². The molecule has 0 radical (unpaired) electrons. The van der Waals surface area contributed by atoms with E-state index < -0.39 is 0 Å². The molecule has 0 amide bonds. The van der Waals surface area contributed by atoms with Gasteiger partial charge in [-0.2, -0.15) is 0 Å². The summed E-state index contributed by atoms with van der Waals surface area (Å²) < 4.78 is 5.54. The van der Waals surface area contributed by atoms with Crippen molar-refractivity contribution in [2.75, 3.05) is 44.5 Å². The smallest absolute Gasteiger partial charge is 0.227 e. The number of nitrogens with zero attached hydrogens (tertiary/aromatic N) is 4. The maximum atomic E-state index is 5.54. The Morgan fingerprint density at radius 1 is 1.14 bits per heavy atom. The van der Waals surface area contributed by atoms with Crippen LogP contribution >= 0.6 is 0 Å². The van der Waals surface area contributed by atoms with E-state index in [0.717, 1.165) is 52.1 Å². The molecule has 0 atom stereocenters. The molecule has 7 heteroatoms. The summed E-state index contributed by atoms with van der Waals surface area (Å²) in [6.07, 6.45) is 6.26. The van der Waals surface area contributed by atoms with Gasteiger partial charge in [0.2, 0.25) is 5.95 Å². The third-order valence-corrected chi connectivity index (χ3v) is 7.01. The summed E-state index contributed by atoms with van der Waals surface area (Å²) in [5.74, 6) is 0.577. The average molecular weight is 471 g/mol. The van der Waals surface area contributed by atoms with Gasteiger partial charge in [-0.05, 0) is 63.7 Å². The molecule has 4 aromatic rings. The van der Waals surface area contributed by atoms with E-state index in [1.165, 1.54) is 18.5 Å². The fourth-order valence-corrected chi connectivity index (χ4v) is 4.98. The fourth-order valence-electron chi connectivity index (χ4n) is 4.98. The van der Waals surface area contributed by atoms with Crippen LogP contribution < -0.4 is 10.2 Å². The molecule has 5 rings (SSSR count). The number of benzene rings is 2. The van der Waals surface area contributed by atoms with Gasteiger partial charge in [-0.1, -0.05) is 18.2 Å². The predicted molar refractivity (Wildman–Crippen MR) is 143 cm³/mol. The molecule has 2 N–H and O–H groups in total. The minimum absolute atomic E-state index is 0.519. The normalized spacial score (nSPS) is 14.7. The lowest BCUT2D eigenvalue weighted by Crippen LogP contribution is -2.42. The Morgan fingerprint density at radius 2 is 1.94 bits per heavy atom. The molecule has 3 heterocycles. The number of piperidine rings is 1. The van der Waals surface area contributed by atoms with Crippen molar-refractivity contribution in [2.45, 2.75) is 32.4 Å². The molecule has 2 aromatic heterocycles. The third-order valence-electron chi connectivity index (χ3n) is 7.01. The van der Waals surface area contributed by atoms with E-state index in [0.29, 0.717) is 18.6 Å². The molecule has 0 bridgehead atoms. The number of aromatic nitrogens is 3. The molecule has 2 aromatic carbocycles. The zero-order valence-corrected chi connectivity index (χ0v) is 21.0. The fraction of sp³-hybridized carbons (Fsp3) is 0.357. The molecule has 1 aliphatic rings. The molecule has 7 nitrogen and oxygen atoms in total. The second-order valence-corrected chi connectivity index (χ2v) is 9.55. The Balaban J connectivity index is 1.40. The van der Waals surface area contributed by atoms with Crippen LogP contribution in [-0.2, 0) is 11.3 Å². The van der Waals surface area contributed by atoms with Crippen LogP contribution in [0.1, 0.15) is 24.0 Å². The topological polar surface area (TPSA) is 69.3 Å². The minimum atomic E-state index is 0.519. The Kier molecular flexibility index (Phi) is 6.70. The maximum Gasteiger partial charge on any atom is 0.227 e. The van der Waals surface area contributed by atoms with Crippen molar-refractivity contribution in [3.05, 3.63) is 66.0 Å². The predicted octanol–water partition coefficient (Wildman–Crippen LogP) is 5.35. The summed E-state index contributed by atoms with van der Waals surface area (Å²) in [6.45, 7) is 4.70. The van der Waals surface area contributed by atoms with Crippen molar-refractivity contribution < 1.29 is 4.74 Å². The van der Waals surface area contributed by atoms with Crippen molar-refractivity contribution in [3.63, 3.8) is 0 Å². The zero-order valence-electron chi connectivity index (χ0n) is 21.0. The number of aryl methyl sites for hydroxylation is 1. The van der Waals surface area contributed by atoms with Crippen LogP contribution in [0.5, 0.6) is 0 Å². The molecular formula is C28H34N6O. The minimum Gasteiger partial charge on any atom is -0.380 e. The number of rotatable bonds is 7. The summed E-state index contributed by atoms with van der Waals surface area (Å²) >= 11 is 0. The van der Waals surface area contributed by atoms with Gasteiger partial charge in [0.1, 0.15) is 0 Å². The summed E-state index contributed by atoms with van der Waals surface area (Å²) in [6, 6.07) is 15.5. The standard InChI is InChI=1S/C28H34N6O/c1-19-16-30-28(32-27(19)24-17-29-26-8-6-5-7-23(24)26)31-25-10-9-22(15-20(25)18-35-4)34-13-11-21(12-14-34)33(2)3/h5-10,15-17,21,29H,11-14,18H2,1-4H3,(H,30,31,32). The highest BCUT2D eigenvalue weighted by molar-refractivity contribution is 5.95. The van der Waals surface area contributed by atoms with E-state index in [2.05, 4.69) is 75.6 Å². The van der Waals surface area contributed by atoms with E-state index in [9.17, 15) is 0 Å². The molecule has 1 fully saturated rings. The van der Waals surface area contributed by atoms with Crippen LogP contribution in [0.3, 0.4) is 0 Å². The highest BCUT2D eigenvalue weighted by atomic mass is 16.5. The molecule has 35 heavy (non-hydrogen) atoms. The first-order valence-electron chi connectivity index (χ1n) is 12.2. The van der Waals surface area contributed by atoms with E-state index >= 15 is 0 Å². The van der Waals surface area contributed by atoms with Gasteiger partial charge in [0.05, 0.1) is 12.3 Å². The zero-order chi connectivity index (χ0) is 24.4. The van der Waals surface area contributed by atoms with Gasteiger partial charge >= 0.3 is 0 Å². The number of hydrogen-bond donors (Lipinski definition) is 2. The molecule has 0 aliphatic carbocycles. The quantitative estimate of drug-likeness (QED) is 0.379. The van der Waals surface area contributed by atoms with Crippen LogP contribution in [0.25, 0.3) is 22.2 Å². The summed E-state index contributed by atoms with van der Waals surface area (Å²) in [7, 11) is 6.08.